The van der Waals surface area contributed by atoms with Crippen LogP contribution in [-0.2, 0) is 28.1 Å². The van der Waals surface area contributed by atoms with E-state index in [0.29, 0.717) is 17.7 Å². The summed E-state index contributed by atoms with van der Waals surface area (Å²) in [5.41, 5.74) is 1.39. The molecule has 0 radical (unpaired) electrons. The molecule has 4 N–H and O–H groups in total. The summed E-state index contributed by atoms with van der Waals surface area (Å²) in [5, 5.41) is 14.1. The zero-order chi connectivity index (χ0) is 26.9. The Hall–Kier alpha value is -3.46. The average Bonchev–Trinajstić information content (AvgIpc) is 3.57. The molecule has 16 heteroatoms. The van der Waals surface area contributed by atoms with Crippen LogP contribution < -0.4 is 10.6 Å². The van der Waals surface area contributed by atoms with Gasteiger partial charge in [-0.1, -0.05) is 30.3 Å². The van der Waals surface area contributed by atoms with Crippen LogP contribution in [0, 0.1) is 0 Å². The van der Waals surface area contributed by atoms with Gasteiger partial charge in [0.25, 0.3) is 0 Å². The molecule has 2 fully saturated rings. The zero-order valence-corrected chi connectivity index (χ0v) is 20.9. The summed E-state index contributed by atoms with van der Waals surface area (Å²) in [7, 11) is -4.42. The molecule has 6 atom stereocenters. The van der Waals surface area contributed by atoms with Gasteiger partial charge in [0, 0.05) is 12.1 Å². The van der Waals surface area contributed by atoms with E-state index in [2.05, 4.69) is 25.6 Å². The van der Waals surface area contributed by atoms with Crippen LogP contribution in [0.1, 0.15) is 25.0 Å². The van der Waals surface area contributed by atoms with Crippen LogP contribution >= 0.6 is 7.60 Å². The Morgan fingerprint density at radius 2 is 1.89 bits per heavy atom. The Balaban J connectivity index is 1.43. The fourth-order valence-electron chi connectivity index (χ4n) is 4.31. The number of aliphatic carboxylic acids is 1. The molecule has 2 unspecified atom stereocenters. The van der Waals surface area contributed by atoms with Crippen LogP contribution in [0.5, 0.6) is 0 Å². The summed E-state index contributed by atoms with van der Waals surface area (Å²) < 4.78 is 37.3. The number of carboxylic acid groups (broad SMARTS) is 1. The minimum Gasteiger partial charge on any atom is -0.481 e. The molecule has 2 aromatic heterocycles. The van der Waals surface area contributed by atoms with Crippen molar-refractivity contribution in [2.45, 2.75) is 37.8 Å². The van der Waals surface area contributed by atoms with Crippen molar-refractivity contribution in [2.24, 2.45) is 0 Å². The average molecular weight is 548 g/mol. The van der Waals surface area contributed by atoms with E-state index in [1.165, 1.54) is 12.7 Å². The van der Waals surface area contributed by atoms with Crippen molar-refractivity contribution < 1.29 is 42.9 Å². The van der Waals surface area contributed by atoms with Crippen molar-refractivity contribution in [3.05, 3.63) is 48.5 Å². The number of ether oxygens (including phenoxy) is 3. The molecule has 1 aromatic carbocycles. The number of amides is 2. The maximum Gasteiger partial charge on any atom is 0.339 e. The lowest BCUT2D eigenvalue weighted by molar-refractivity contribution is -0.152. The molecule has 5 rings (SSSR count). The van der Waals surface area contributed by atoms with Gasteiger partial charge in [-0.15, -0.1) is 0 Å². The molecule has 3 aromatic rings. The summed E-state index contributed by atoms with van der Waals surface area (Å²) in [6.45, 7) is 1.78. The number of fused-ring (bicyclic) bond motifs is 2. The van der Waals surface area contributed by atoms with Gasteiger partial charge in [-0.2, -0.15) is 0 Å². The van der Waals surface area contributed by atoms with Gasteiger partial charge in [-0.3, -0.25) is 19.2 Å². The molecule has 2 amide bonds. The number of carboxylic acids is 1. The molecule has 4 heterocycles. The van der Waals surface area contributed by atoms with Crippen LogP contribution in [-0.4, -0.2) is 79.1 Å². The topological polar surface area (TPSA) is 196 Å². The molecular formula is C22H25N6O9P. The number of anilines is 1. The largest absolute Gasteiger partial charge is 0.481 e. The van der Waals surface area contributed by atoms with Crippen molar-refractivity contribution in [2.75, 3.05) is 24.6 Å². The highest BCUT2D eigenvalue weighted by Gasteiger charge is 2.54. The van der Waals surface area contributed by atoms with Gasteiger partial charge in [0.15, 0.2) is 29.5 Å². The lowest BCUT2D eigenvalue weighted by Crippen LogP contribution is -2.31. The lowest BCUT2D eigenvalue weighted by atomic mass is 10.1. The standard InChI is InChI=1S/C22H25N6O9P/c1-2-23-22(31)27-18-15-19(25-10-24-18)28(11-26-15)20-17-16(36-21(37-17)12-6-4-3-5-7-12)13(35-20)8-34-38(32,33)9-14(29)30/h3-7,10-11,13,16-17,20-21H,2,8-9H2,1H3,(H,29,30)(H,32,33)(H2,23,24,25,27,31)/t13-,16?,17+,20-,21-/m1/s1. The molecule has 38 heavy (non-hydrogen) atoms. The molecule has 0 aliphatic carbocycles. The minimum absolute atomic E-state index is 0.190. The molecular weight excluding hydrogens is 523 g/mol. The maximum atomic E-state index is 12.2. The Morgan fingerprint density at radius 3 is 2.63 bits per heavy atom. The molecule has 0 saturated carbocycles. The van der Waals surface area contributed by atoms with Crippen molar-refractivity contribution in [1.29, 1.82) is 0 Å². The number of carbonyl (C=O) groups is 2. The van der Waals surface area contributed by atoms with Crippen molar-refractivity contribution >= 4 is 36.6 Å². The summed E-state index contributed by atoms with van der Waals surface area (Å²) in [6.07, 6.45) is -2.26. The third-order valence-corrected chi connectivity index (χ3v) is 7.12. The van der Waals surface area contributed by atoms with Crippen LogP contribution in [0.4, 0.5) is 10.6 Å². The first kappa shape index (κ1) is 26.2. The second-order valence-corrected chi connectivity index (χ2v) is 10.4. The van der Waals surface area contributed by atoms with Gasteiger partial charge in [-0.25, -0.2) is 19.7 Å². The molecule has 202 valence electrons. The van der Waals surface area contributed by atoms with Crippen molar-refractivity contribution in [3.8, 4) is 0 Å². The Labute approximate surface area is 215 Å². The second kappa shape index (κ2) is 10.7. The van der Waals surface area contributed by atoms with Crippen molar-refractivity contribution in [1.82, 2.24) is 24.8 Å². The predicted octanol–water partition coefficient (Wildman–Crippen LogP) is 1.63. The molecule has 2 saturated heterocycles. The number of carbonyl (C=O) groups excluding carboxylic acids is 1. The number of nitrogens with one attached hydrogen (secondary N) is 2. The van der Waals surface area contributed by atoms with Crippen LogP contribution in [0.3, 0.4) is 0 Å². The van der Waals surface area contributed by atoms with Gasteiger partial charge in [-0.05, 0) is 6.92 Å². The summed E-state index contributed by atoms with van der Waals surface area (Å²) >= 11 is 0. The van der Waals surface area contributed by atoms with Crippen LogP contribution in [0.2, 0.25) is 0 Å². The molecule has 15 nitrogen and oxygen atoms in total. The number of benzene rings is 1. The molecule has 0 spiro atoms. The number of urea groups is 1. The van der Waals surface area contributed by atoms with E-state index < -0.39 is 63.2 Å². The highest BCUT2D eigenvalue weighted by molar-refractivity contribution is 7.53. The normalized spacial score (nSPS) is 26.1. The highest BCUT2D eigenvalue weighted by atomic mass is 31.2. The second-order valence-electron chi connectivity index (χ2n) is 8.52. The highest BCUT2D eigenvalue weighted by Crippen LogP contribution is 2.47. The van der Waals surface area contributed by atoms with Crippen LogP contribution in [0.15, 0.2) is 43.0 Å². The Bertz CT molecular complexity index is 1370. The van der Waals surface area contributed by atoms with Gasteiger partial charge in [0.05, 0.1) is 12.9 Å². The summed E-state index contributed by atoms with van der Waals surface area (Å²) in [6, 6.07) is 8.74. The SMILES string of the molecule is CCNC(=O)Nc1ncnc2c1ncn2[C@@H]1O[C@H](COP(=O)(O)CC(=O)O)C2O[C@@H](c3ccccc3)O[C@@H]21. The molecule has 2 aliphatic rings. The first-order chi connectivity index (χ1) is 18.3. The van der Waals surface area contributed by atoms with Gasteiger partial charge in [0.1, 0.15) is 30.8 Å². The maximum absolute atomic E-state index is 12.2. The fourth-order valence-corrected chi connectivity index (χ4v) is 5.12. The third-order valence-electron chi connectivity index (χ3n) is 5.90. The number of nitrogens with zero attached hydrogens (tertiary/aromatic N) is 4. The van der Waals surface area contributed by atoms with E-state index in [9.17, 15) is 19.0 Å². The van der Waals surface area contributed by atoms with Gasteiger partial charge < -0.3 is 34.1 Å². The number of imidazole rings is 1. The quantitative estimate of drug-likeness (QED) is 0.283. The van der Waals surface area contributed by atoms with Gasteiger partial charge in [0.2, 0.25) is 0 Å². The predicted molar refractivity (Wildman–Crippen MR) is 129 cm³/mol. The lowest BCUT2D eigenvalue weighted by Gasteiger charge is -2.22. The number of hydrogen-bond acceptors (Lipinski definition) is 10. The smallest absolute Gasteiger partial charge is 0.339 e. The number of rotatable bonds is 9. The Morgan fingerprint density at radius 1 is 1.13 bits per heavy atom. The van der Waals surface area contributed by atoms with E-state index in [0.717, 1.165) is 5.56 Å². The number of aromatic nitrogens is 4. The Kier molecular flexibility index (Phi) is 7.38. The summed E-state index contributed by atoms with van der Waals surface area (Å²) in [5.74, 6) is -1.28. The van der Waals surface area contributed by atoms with E-state index in [4.69, 9.17) is 23.8 Å². The first-order valence-electron chi connectivity index (χ1n) is 11.7. The van der Waals surface area contributed by atoms with E-state index >= 15 is 0 Å². The monoisotopic (exact) mass is 548 g/mol. The fraction of sp³-hybridized carbons (Fsp3) is 0.409. The summed E-state index contributed by atoms with van der Waals surface area (Å²) in [4.78, 5) is 45.6. The van der Waals surface area contributed by atoms with E-state index in [-0.39, 0.29) is 5.82 Å². The minimum atomic E-state index is -4.42. The van der Waals surface area contributed by atoms with Gasteiger partial charge >= 0.3 is 19.6 Å². The first-order valence-corrected chi connectivity index (χ1v) is 13.4. The number of hydrogen-bond donors (Lipinski definition) is 4. The van der Waals surface area contributed by atoms with Crippen LogP contribution in [0.25, 0.3) is 11.2 Å². The van der Waals surface area contributed by atoms with E-state index in [1.807, 2.05) is 30.3 Å². The molecule has 0 bridgehead atoms. The third kappa shape index (κ3) is 5.38. The van der Waals surface area contributed by atoms with E-state index in [1.54, 1.807) is 11.5 Å². The zero-order valence-electron chi connectivity index (χ0n) is 20.0. The van der Waals surface area contributed by atoms with Crippen molar-refractivity contribution in [3.63, 3.8) is 0 Å². The molecule has 2 aliphatic heterocycles.